The zero-order valence-corrected chi connectivity index (χ0v) is 11.1. The quantitative estimate of drug-likeness (QED) is 0.653. The van der Waals surface area contributed by atoms with Crippen molar-refractivity contribution in [1.29, 1.82) is 0 Å². The molecule has 0 bridgehead atoms. The highest BCUT2D eigenvalue weighted by Gasteiger charge is 2.31. The number of hydrazine groups is 1. The van der Waals surface area contributed by atoms with Gasteiger partial charge in [-0.1, -0.05) is 17.7 Å². The molecule has 0 aliphatic carbocycles. The molecule has 1 aliphatic heterocycles. The summed E-state index contributed by atoms with van der Waals surface area (Å²) >= 11 is 5.74. The van der Waals surface area contributed by atoms with Crippen LogP contribution in [0.2, 0.25) is 5.02 Å². The second-order valence-electron chi connectivity index (χ2n) is 4.74. The highest BCUT2D eigenvalue weighted by atomic mass is 35.5. The van der Waals surface area contributed by atoms with E-state index in [0.717, 1.165) is 13.0 Å². The second-order valence-corrected chi connectivity index (χ2v) is 5.18. The lowest BCUT2D eigenvalue weighted by Crippen LogP contribution is -2.44. The first-order valence-electron chi connectivity index (χ1n) is 6.13. The number of hydrogen-bond acceptors (Lipinski definition) is 3. The van der Waals surface area contributed by atoms with E-state index in [9.17, 15) is 4.39 Å². The van der Waals surface area contributed by atoms with Gasteiger partial charge in [-0.15, -0.1) is 0 Å². The van der Waals surface area contributed by atoms with Crippen molar-refractivity contribution in [2.24, 2.45) is 11.8 Å². The minimum atomic E-state index is -0.283. The molecule has 18 heavy (non-hydrogen) atoms. The minimum absolute atomic E-state index is 0.0122. The van der Waals surface area contributed by atoms with Crippen molar-refractivity contribution >= 4 is 11.6 Å². The molecule has 0 spiro atoms. The van der Waals surface area contributed by atoms with Crippen LogP contribution in [0.15, 0.2) is 18.2 Å². The van der Waals surface area contributed by atoms with Gasteiger partial charge in [-0.3, -0.25) is 11.3 Å². The van der Waals surface area contributed by atoms with Crippen molar-refractivity contribution < 1.29 is 9.13 Å². The highest BCUT2D eigenvalue weighted by molar-refractivity contribution is 6.30. The van der Waals surface area contributed by atoms with Gasteiger partial charge in [0.1, 0.15) is 5.82 Å². The molecule has 1 heterocycles. The molecule has 0 saturated carbocycles. The third kappa shape index (κ3) is 3.01. The molecule has 100 valence electrons. The van der Waals surface area contributed by atoms with Gasteiger partial charge in [0.25, 0.3) is 0 Å². The lowest BCUT2D eigenvalue weighted by Gasteiger charge is -2.25. The summed E-state index contributed by atoms with van der Waals surface area (Å²) in [6, 6.07) is 4.75. The van der Waals surface area contributed by atoms with Crippen molar-refractivity contribution in [1.82, 2.24) is 5.43 Å². The van der Waals surface area contributed by atoms with E-state index in [1.165, 1.54) is 6.07 Å². The fourth-order valence-corrected chi connectivity index (χ4v) is 2.69. The van der Waals surface area contributed by atoms with E-state index in [1.54, 1.807) is 12.1 Å². The van der Waals surface area contributed by atoms with Gasteiger partial charge in [-0.05, 0) is 37.5 Å². The summed E-state index contributed by atoms with van der Waals surface area (Å²) in [6.07, 6.45) is 1.64. The Labute approximate surface area is 111 Å². The highest BCUT2D eigenvalue weighted by Crippen LogP contribution is 2.26. The predicted molar refractivity (Wildman–Crippen MR) is 69.7 cm³/mol. The molecule has 1 aliphatic rings. The Morgan fingerprint density at radius 1 is 1.61 bits per heavy atom. The summed E-state index contributed by atoms with van der Waals surface area (Å²) in [5, 5.41) is 0.408. The van der Waals surface area contributed by atoms with E-state index < -0.39 is 0 Å². The number of nitrogens with one attached hydrogen (secondary N) is 1. The fourth-order valence-electron chi connectivity index (χ4n) is 2.53. The maximum atomic E-state index is 13.7. The SMILES string of the molecule is CC1OCCC1C(Cc1ccc(Cl)cc1F)NN. The molecular formula is C13H18ClFN2O. The van der Waals surface area contributed by atoms with Gasteiger partial charge in [0.2, 0.25) is 0 Å². The summed E-state index contributed by atoms with van der Waals surface area (Å²) in [7, 11) is 0. The summed E-state index contributed by atoms with van der Waals surface area (Å²) < 4.78 is 19.3. The normalized spacial score (nSPS) is 25.3. The number of hydrogen-bond donors (Lipinski definition) is 2. The van der Waals surface area contributed by atoms with Crippen LogP contribution in [0.5, 0.6) is 0 Å². The van der Waals surface area contributed by atoms with Gasteiger partial charge in [0.05, 0.1) is 6.10 Å². The van der Waals surface area contributed by atoms with Crippen LogP contribution >= 0.6 is 11.6 Å². The Kier molecular flexibility index (Phi) is 4.56. The summed E-state index contributed by atoms with van der Waals surface area (Å²) in [4.78, 5) is 0. The maximum Gasteiger partial charge on any atom is 0.127 e. The number of nitrogens with two attached hydrogens (primary N) is 1. The van der Waals surface area contributed by atoms with Crippen molar-refractivity contribution in [3.05, 3.63) is 34.6 Å². The summed E-state index contributed by atoms with van der Waals surface area (Å²) in [5.74, 6) is 5.62. The van der Waals surface area contributed by atoms with Gasteiger partial charge in [-0.2, -0.15) is 0 Å². The standard InChI is InChI=1S/C13H18ClFN2O/c1-8-11(4-5-18-8)13(17-16)6-9-2-3-10(14)7-12(9)15/h2-3,7-8,11,13,17H,4-6,16H2,1H3. The van der Waals surface area contributed by atoms with Crippen molar-refractivity contribution in [2.45, 2.75) is 31.9 Å². The predicted octanol–water partition coefficient (Wildman–Crippen LogP) is 2.28. The first-order chi connectivity index (χ1) is 8.61. The molecule has 1 fully saturated rings. The number of rotatable bonds is 4. The fraction of sp³-hybridized carbons (Fsp3) is 0.538. The van der Waals surface area contributed by atoms with Gasteiger partial charge >= 0.3 is 0 Å². The maximum absolute atomic E-state index is 13.7. The lowest BCUT2D eigenvalue weighted by molar-refractivity contribution is 0.0953. The molecule has 3 nitrogen and oxygen atoms in total. The average molecular weight is 273 g/mol. The van der Waals surface area contributed by atoms with Crippen LogP contribution in [0, 0.1) is 11.7 Å². The zero-order valence-electron chi connectivity index (χ0n) is 10.3. The molecule has 5 heteroatoms. The molecule has 2 rings (SSSR count). The van der Waals surface area contributed by atoms with Crippen LogP contribution in [0.3, 0.4) is 0 Å². The van der Waals surface area contributed by atoms with Crippen molar-refractivity contribution in [2.75, 3.05) is 6.61 Å². The largest absolute Gasteiger partial charge is 0.378 e. The Bertz CT molecular complexity index is 416. The van der Waals surface area contributed by atoms with Crippen molar-refractivity contribution in [3.63, 3.8) is 0 Å². The molecule has 0 aromatic heterocycles. The molecule has 3 atom stereocenters. The van der Waals surface area contributed by atoms with Gasteiger partial charge in [0.15, 0.2) is 0 Å². The van der Waals surface area contributed by atoms with Gasteiger partial charge in [0, 0.05) is 23.6 Å². The topological polar surface area (TPSA) is 47.3 Å². The lowest BCUT2D eigenvalue weighted by atomic mass is 9.89. The number of benzene rings is 1. The van der Waals surface area contributed by atoms with Crippen LogP contribution in [-0.2, 0) is 11.2 Å². The van der Waals surface area contributed by atoms with E-state index in [-0.39, 0.29) is 18.0 Å². The van der Waals surface area contributed by atoms with E-state index in [0.29, 0.717) is 22.9 Å². The monoisotopic (exact) mass is 272 g/mol. The molecule has 1 aromatic carbocycles. The molecule has 1 aromatic rings. The zero-order chi connectivity index (χ0) is 13.1. The smallest absolute Gasteiger partial charge is 0.127 e. The second kappa shape index (κ2) is 5.97. The molecule has 3 unspecified atom stereocenters. The van der Waals surface area contributed by atoms with Gasteiger partial charge in [-0.25, -0.2) is 4.39 Å². The van der Waals surface area contributed by atoms with E-state index in [2.05, 4.69) is 5.43 Å². The Morgan fingerprint density at radius 2 is 2.39 bits per heavy atom. The summed E-state index contributed by atoms with van der Waals surface area (Å²) in [5.41, 5.74) is 3.41. The van der Waals surface area contributed by atoms with Crippen LogP contribution < -0.4 is 11.3 Å². The first kappa shape index (κ1) is 13.7. The first-order valence-corrected chi connectivity index (χ1v) is 6.51. The van der Waals surface area contributed by atoms with E-state index in [1.807, 2.05) is 6.92 Å². The molecule has 1 saturated heterocycles. The summed E-state index contributed by atoms with van der Waals surface area (Å²) in [6.45, 7) is 2.77. The van der Waals surface area contributed by atoms with Crippen LogP contribution in [-0.4, -0.2) is 18.8 Å². The van der Waals surface area contributed by atoms with Gasteiger partial charge < -0.3 is 4.74 Å². The van der Waals surface area contributed by atoms with Crippen molar-refractivity contribution in [3.8, 4) is 0 Å². The van der Waals surface area contributed by atoms with E-state index >= 15 is 0 Å². The molecular weight excluding hydrogens is 255 g/mol. The number of halogens is 2. The third-order valence-corrected chi connectivity index (χ3v) is 3.86. The average Bonchev–Trinajstić information content (AvgIpc) is 2.75. The van der Waals surface area contributed by atoms with Crippen LogP contribution in [0.4, 0.5) is 4.39 Å². The minimum Gasteiger partial charge on any atom is -0.378 e. The van der Waals surface area contributed by atoms with Crippen LogP contribution in [0.1, 0.15) is 18.9 Å². The van der Waals surface area contributed by atoms with E-state index in [4.69, 9.17) is 22.2 Å². The number of ether oxygens (including phenoxy) is 1. The Morgan fingerprint density at radius 3 is 2.94 bits per heavy atom. The third-order valence-electron chi connectivity index (χ3n) is 3.62. The van der Waals surface area contributed by atoms with Crippen LogP contribution in [0.25, 0.3) is 0 Å². The Balaban J connectivity index is 2.10. The molecule has 3 N–H and O–H groups in total. The molecule has 0 radical (unpaired) electrons. The molecule has 0 amide bonds. The Hall–Kier alpha value is -0.680.